The van der Waals surface area contributed by atoms with E-state index in [0.29, 0.717) is 5.75 Å². The quantitative estimate of drug-likeness (QED) is 0.652. The second-order valence-electron chi connectivity index (χ2n) is 3.89. The summed E-state index contributed by atoms with van der Waals surface area (Å²) in [4.78, 5) is 14.0. The lowest BCUT2D eigenvalue weighted by molar-refractivity contribution is -0.384. The summed E-state index contributed by atoms with van der Waals surface area (Å²) in [5.74, 6) is 0.564. The molecule has 0 aliphatic rings. The lowest BCUT2D eigenvalue weighted by Crippen LogP contribution is -1.97. The second kappa shape index (κ2) is 5.34. The van der Waals surface area contributed by atoms with Crippen molar-refractivity contribution < 1.29 is 9.66 Å². The highest BCUT2D eigenvalue weighted by atomic mass is 16.6. The maximum Gasteiger partial charge on any atom is 0.278 e. The van der Waals surface area contributed by atoms with Crippen molar-refractivity contribution in [2.75, 3.05) is 5.73 Å². The van der Waals surface area contributed by atoms with E-state index >= 15 is 0 Å². The van der Waals surface area contributed by atoms with Crippen molar-refractivity contribution in [2.24, 2.45) is 0 Å². The molecule has 0 bridgehead atoms. The second-order valence-corrected chi connectivity index (χ2v) is 3.89. The van der Waals surface area contributed by atoms with Gasteiger partial charge in [0.1, 0.15) is 5.82 Å². The molecule has 8 heteroatoms. The third kappa shape index (κ3) is 3.18. The van der Waals surface area contributed by atoms with E-state index in [0.717, 1.165) is 13.0 Å². The zero-order valence-corrected chi connectivity index (χ0v) is 10.3. The number of aromatic nitrogens is 3. The molecule has 0 atom stereocenters. The number of anilines is 1. The lowest BCUT2D eigenvalue weighted by atomic mass is 10.4. The first kappa shape index (κ1) is 12.8. The molecule has 0 aromatic carbocycles. The maximum absolute atomic E-state index is 10.7. The van der Waals surface area contributed by atoms with Crippen LogP contribution in [-0.4, -0.2) is 19.7 Å². The fraction of sp³-hybridized carbons (Fsp3) is 0.273. The average Bonchev–Trinajstić information content (AvgIpc) is 2.76. The molecule has 19 heavy (non-hydrogen) atoms. The van der Waals surface area contributed by atoms with Gasteiger partial charge in [-0.3, -0.25) is 14.8 Å². The van der Waals surface area contributed by atoms with Gasteiger partial charge in [-0.2, -0.15) is 10.1 Å². The zero-order valence-electron chi connectivity index (χ0n) is 10.3. The number of hydrogen-bond acceptors (Lipinski definition) is 6. The molecule has 0 radical (unpaired) electrons. The molecule has 2 aromatic rings. The molecule has 0 aliphatic heterocycles. The molecule has 2 N–H and O–H groups in total. The van der Waals surface area contributed by atoms with Crippen LogP contribution in [-0.2, 0) is 6.54 Å². The smallest absolute Gasteiger partial charge is 0.278 e. The predicted octanol–water partition coefficient (Wildman–Crippen LogP) is 1.97. The van der Waals surface area contributed by atoms with Crippen molar-refractivity contribution in [1.82, 2.24) is 14.8 Å². The third-order valence-corrected chi connectivity index (χ3v) is 2.30. The summed E-state index contributed by atoms with van der Waals surface area (Å²) in [6, 6.07) is 2.39. The average molecular weight is 263 g/mol. The Morgan fingerprint density at radius 3 is 3.00 bits per heavy atom. The molecule has 0 saturated heterocycles. The van der Waals surface area contributed by atoms with Gasteiger partial charge in [-0.25, -0.2) is 0 Å². The van der Waals surface area contributed by atoms with Gasteiger partial charge in [-0.15, -0.1) is 0 Å². The highest BCUT2D eigenvalue weighted by Gasteiger charge is 2.12. The number of pyridine rings is 1. The van der Waals surface area contributed by atoms with Crippen molar-refractivity contribution in [3.05, 3.63) is 34.6 Å². The van der Waals surface area contributed by atoms with Gasteiger partial charge < -0.3 is 10.5 Å². The molecule has 0 unspecified atom stereocenters. The van der Waals surface area contributed by atoms with E-state index in [1.807, 2.05) is 6.92 Å². The van der Waals surface area contributed by atoms with Crippen molar-refractivity contribution in [3.8, 4) is 11.6 Å². The van der Waals surface area contributed by atoms with Gasteiger partial charge in [-0.05, 0) is 6.42 Å². The Balaban J connectivity index is 2.19. The van der Waals surface area contributed by atoms with Crippen molar-refractivity contribution >= 4 is 11.5 Å². The Morgan fingerprint density at radius 1 is 1.53 bits per heavy atom. The standard InChI is InChI=1S/C11H13N5O3/c1-2-3-15-7-9(6-13-15)19-11-5-8(16(17)18)4-10(12)14-11/h4-7H,2-3H2,1H3,(H2,12,14). The van der Waals surface area contributed by atoms with Crippen LogP contribution < -0.4 is 10.5 Å². The normalized spacial score (nSPS) is 10.4. The Labute approximate surface area is 109 Å². The SMILES string of the molecule is CCCn1cc(Oc2cc([N+](=O)[O-])cc(N)n2)cn1. The van der Waals surface area contributed by atoms with Crippen molar-refractivity contribution in [1.29, 1.82) is 0 Å². The third-order valence-electron chi connectivity index (χ3n) is 2.30. The van der Waals surface area contributed by atoms with Crippen molar-refractivity contribution in [2.45, 2.75) is 19.9 Å². The van der Waals surface area contributed by atoms with Gasteiger partial charge in [0.25, 0.3) is 5.69 Å². The van der Waals surface area contributed by atoms with Crippen LogP contribution in [0.4, 0.5) is 11.5 Å². The van der Waals surface area contributed by atoms with E-state index in [2.05, 4.69) is 10.1 Å². The van der Waals surface area contributed by atoms with Gasteiger partial charge >= 0.3 is 0 Å². The molecule has 100 valence electrons. The number of nitro groups is 1. The number of ether oxygens (including phenoxy) is 1. The Bertz CT molecular complexity index is 596. The number of aryl methyl sites for hydroxylation is 1. The van der Waals surface area contributed by atoms with Crippen LogP contribution >= 0.6 is 0 Å². The number of hydrogen-bond donors (Lipinski definition) is 1. The molecule has 8 nitrogen and oxygen atoms in total. The first-order chi connectivity index (χ1) is 9.08. The number of nitrogens with zero attached hydrogens (tertiary/aromatic N) is 4. The van der Waals surface area contributed by atoms with Crippen LogP contribution in [0.1, 0.15) is 13.3 Å². The summed E-state index contributed by atoms with van der Waals surface area (Å²) in [5.41, 5.74) is 5.32. The molecule has 0 fully saturated rings. The van der Waals surface area contributed by atoms with Gasteiger partial charge in [0.05, 0.1) is 29.4 Å². The van der Waals surface area contributed by atoms with E-state index in [1.54, 1.807) is 10.9 Å². The van der Waals surface area contributed by atoms with Crippen LogP contribution in [0.25, 0.3) is 0 Å². The highest BCUT2D eigenvalue weighted by molar-refractivity contribution is 5.46. The minimum absolute atomic E-state index is 0.0325. The summed E-state index contributed by atoms with van der Waals surface area (Å²) in [6.07, 6.45) is 4.16. The van der Waals surface area contributed by atoms with Gasteiger partial charge in [0.15, 0.2) is 5.75 Å². The van der Waals surface area contributed by atoms with E-state index in [4.69, 9.17) is 10.5 Å². The van der Waals surface area contributed by atoms with Crippen LogP contribution in [0.15, 0.2) is 24.5 Å². The van der Waals surface area contributed by atoms with E-state index in [-0.39, 0.29) is 17.4 Å². The summed E-state index contributed by atoms with van der Waals surface area (Å²) in [6.45, 7) is 2.80. The predicted molar refractivity (Wildman–Crippen MR) is 67.9 cm³/mol. The van der Waals surface area contributed by atoms with Crippen LogP contribution in [0, 0.1) is 10.1 Å². The Hall–Kier alpha value is -2.64. The first-order valence-corrected chi connectivity index (χ1v) is 5.70. The van der Waals surface area contributed by atoms with Crippen LogP contribution in [0.2, 0.25) is 0 Å². The molecule has 2 aromatic heterocycles. The van der Waals surface area contributed by atoms with Gasteiger partial charge in [0, 0.05) is 6.54 Å². The summed E-state index contributed by atoms with van der Waals surface area (Å²) < 4.78 is 7.12. The van der Waals surface area contributed by atoms with Crippen molar-refractivity contribution in [3.63, 3.8) is 0 Å². The molecular weight excluding hydrogens is 250 g/mol. The molecule has 0 spiro atoms. The van der Waals surface area contributed by atoms with Crippen LogP contribution in [0.3, 0.4) is 0 Å². The van der Waals surface area contributed by atoms with Crippen LogP contribution in [0.5, 0.6) is 11.6 Å². The zero-order chi connectivity index (χ0) is 13.8. The monoisotopic (exact) mass is 263 g/mol. The fourth-order valence-corrected chi connectivity index (χ4v) is 1.54. The molecule has 0 saturated carbocycles. The number of nitrogens with two attached hydrogens (primary N) is 1. The topological polar surface area (TPSA) is 109 Å². The van der Waals surface area contributed by atoms with E-state index in [9.17, 15) is 10.1 Å². The summed E-state index contributed by atoms with van der Waals surface area (Å²) >= 11 is 0. The first-order valence-electron chi connectivity index (χ1n) is 5.70. The summed E-state index contributed by atoms with van der Waals surface area (Å²) in [7, 11) is 0. The van der Waals surface area contributed by atoms with E-state index in [1.165, 1.54) is 18.3 Å². The van der Waals surface area contributed by atoms with Gasteiger partial charge in [-0.1, -0.05) is 6.92 Å². The molecule has 0 amide bonds. The Kier molecular flexibility index (Phi) is 3.60. The Morgan fingerprint density at radius 2 is 2.32 bits per heavy atom. The molecule has 0 aliphatic carbocycles. The molecule has 2 heterocycles. The molecule has 2 rings (SSSR count). The number of nitrogen functional groups attached to an aromatic ring is 1. The van der Waals surface area contributed by atoms with Gasteiger partial charge in [0.2, 0.25) is 5.88 Å². The van der Waals surface area contributed by atoms with E-state index < -0.39 is 4.92 Å². The fourth-order valence-electron chi connectivity index (χ4n) is 1.54. The largest absolute Gasteiger partial charge is 0.435 e. The number of rotatable bonds is 5. The summed E-state index contributed by atoms with van der Waals surface area (Å²) in [5, 5.41) is 14.8. The minimum atomic E-state index is -0.550. The molecular formula is C11H13N5O3. The minimum Gasteiger partial charge on any atom is -0.435 e. The highest BCUT2D eigenvalue weighted by Crippen LogP contribution is 2.24. The lowest BCUT2D eigenvalue weighted by Gasteiger charge is -2.02. The maximum atomic E-state index is 10.7.